The molecule has 2 aliphatic rings. The molecule has 0 atom stereocenters. The summed E-state index contributed by atoms with van der Waals surface area (Å²) < 4.78 is 0. The molecule has 100 valence electrons. The molecule has 0 saturated heterocycles. The van der Waals surface area contributed by atoms with Crippen LogP contribution in [0.4, 0.5) is 0 Å². The number of allylic oxidation sites excluding steroid dienone is 2. The second kappa shape index (κ2) is 4.34. The molecular formula is C20H20. The van der Waals surface area contributed by atoms with E-state index in [0.29, 0.717) is 0 Å². The molecule has 0 fully saturated rings. The summed E-state index contributed by atoms with van der Waals surface area (Å²) in [6, 6.07) is 8.93. The Morgan fingerprint density at radius 1 is 0.650 bits per heavy atom. The highest BCUT2D eigenvalue weighted by Gasteiger charge is 2.21. The van der Waals surface area contributed by atoms with Gasteiger partial charge in [-0.3, -0.25) is 0 Å². The van der Waals surface area contributed by atoms with Crippen molar-refractivity contribution in [2.75, 3.05) is 0 Å². The number of benzene rings is 2. The summed E-state index contributed by atoms with van der Waals surface area (Å²) in [4.78, 5) is 0. The molecule has 0 aromatic heterocycles. The molecule has 2 aromatic rings. The Kier molecular flexibility index (Phi) is 2.60. The van der Waals surface area contributed by atoms with E-state index >= 15 is 0 Å². The zero-order valence-electron chi connectivity index (χ0n) is 12.3. The van der Waals surface area contributed by atoms with Crippen LogP contribution in [0.25, 0.3) is 22.9 Å². The van der Waals surface area contributed by atoms with Crippen LogP contribution in [0.2, 0.25) is 0 Å². The van der Waals surface area contributed by atoms with Crippen molar-refractivity contribution in [3.05, 3.63) is 57.7 Å². The van der Waals surface area contributed by atoms with Gasteiger partial charge in [-0.15, -0.1) is 0 Å². The topological polar surface area (TPSA) is 0 Å². The van der Waals surface area contributed by atoms with Crippen LogP contribution in [-0.4, -0.2) is 0 Å². The van der Waals surface area contributed by atoms with E-state index in [1.807, 2.05) is 0 Å². The Balaban J connectivity index is 2.17. The number of fused-ring (bicyclic) bond motifs is 6. The smallest absolute Gasteiger partial charge is 0.0102 e. The first-order chi connectivity index (χ1) is 9.74. The van der Waals surface area contributed by atoms with Crippen molar-refractivity contribution in [1.82, 2.24) is 0 Å². The van der Waals surface area contributed by atoms with Crippen molar-refractivity contribution in [1.29, 1.82) is 0 Å². The van der Waals surface area contributed by atoms with Gasteiger partial charge in [0.05, 0.1) is 0 Å². The van der Waals surface area contributed by atoms with Gasteiger partial charge < -0.3 is 0 Å². The average Bonchev–Trinajstić information content (AvgIpc) is 2.47. The lowest BCUT2D eigenvalue weighted by molar-refractivity contribution is 0.865. The minimum Gasteiger partial charge on any atom is -0.0724 e. The van der Waals surface area contributed by atoms with Crippen LogP contribution in [-0.2, 0) is 12.8 Å². The maximum atomic E-state index is 2.42. The quantitative estimate of drug-likeness (QED) is 0.583. The second-order valence-electron chi connectivity index (χ2n) is 6.31. The van der Waals surface area contributed by atoms with Crippen LogP contribution in [0.3, 0.4) is 0 Å². The lowest BCUT2D eigenvalue weighted by atomic mass is 9.79. The number of hydrogen-bond acceptors (Lipinski definition) is 0. The van der Waals surface area contributed by atoms with Crippen LogP contribution in [0, 0.1) is 0 Å². The highest BCUT2D eigenvalue weighted by Crippen LogP contribution is 2.39. The lowest BCUT2D eigenvalue weighted by Crippen LogP contribution is -2.09. The van der Waals surface area contributed by atoms with Gasteiger partial charge in [0, 0.05) is 0 Å². The Morgan fingerprint density at radius 2 is 1.10 bits per heavy atom. The second-order valence-corrected chi connectivity index (χ2v) is 6.31. The van der Waals surface area contributed by atoms with Crippen molar-refractivity contribution in [2.45, 2.75) is 39.5 Å². The van der Waals surface area contributed by atoms with Crippen LogP contribution in [0.5, 0.6) is 0 Å². The predicted molar refractivity (Wildman–Crippen MR) is 87.9 cm³/mol. The molecule has 0 amide bonds. The first-order valence-corrected chi connectivity index (χ1v) is 7.65. The molecular weight excluding hydrogens is 240 g/mol. The third-order valence-corrected chi connectivity index (χ3v) is 4.84. The Morgan fingerprint density at radius 3 is 1.55 bits per heavy atom. The third kappa shape index (κ3) is 1.67. The summed E-state index contributed by atoms with van der Waals surface area (Å²) in [5.74, 6) is 0. The van der Waals surface area contributed by atoms with E-state index in [1.165, 1.54) is 58.7 Å². The summed E-state index contributed by atoms with van der Waals surface area (Å²) in [5.41, 5.74) is 9.27. The molecule has 0 N–H and O–H groups in total. The molecule has 0 heteroatoms. The molecule has 0 unspecified atom stereocenters. The Labute approximate surface area is 120 Å². The minimum absolute atomic E-state index is 1.22. The Hall–Kier alpha value is -1.82. The van der Waals surface area contributed by atoms with Gasteiger partial charge in [-0.1, -0.05) is 47.6 Å². The van der Waals surface area contributed by atoms with E-state index < -0.39 is 0 Å². The zero-order valence-corrected chi connectivity index (χ0v) is 12.3. The van der Waals surface area contributed by atoms with Crippen LogP contribution in [0.1, 0.15) is 48.9 Å². The fourth-order valence-corrected chi connectivity index (χ4v) is 3.79. The third-order valence-electron chi connectivity index (χ3n) is 4.84. The van der Waals surface area contributed by atoms with Gasteiger partial charge in [0.25, 0.3) is 0 Å². The summed E-state index contributed by atoms with van der Waals surface area (Å²) in [5, 5.41) is 2.87. The highest BCUT2D eigenvalue weighted by atomic mass is 14.3. The highest BCUT2D eigenvalue weighted by molar-refractivity contribution is 6.00. The van der Waals surface area contributed by atoms with Gasteiger partial charge in [0.1, 0.15) is 0 Å². The SMILES string of the molecule is CC1=Cc2c(c3c(c4ccccc24)C=C(C)CC3)CC1. The van der Waals surface area contributed by atoms with Gasteiger partial charge in [-0.2, -0.15) is 0 Å². The summed E-state index contributed by atoms with van der Waals surface area (Å²) in [6.45, 7) is 4.53. The lowest BCUT2D eigenvalue weighted by Gasteiger charge is -2.26. The van der Waals surface area contributed by atoms with Crippen molar-refractivity contribution in [3.63, 3.8) is 0 Å². The first-order valence-electron chi connectivity index (χ1n) is 7.65. The molecule has 0 bridgehead atoms. The van der Waals surface area contributed by atoms with E-state index in [9.17, 15) is 0 Å². The van der Waals surface area contributed by atoms with Gasteiger partial charge in [0.2, 0.25) is 0 Å². The van der Waals surface area contributed by atoms with E-state index in [1.54, 1.807) is 11.1 Å². The maximum absolute atomic E-state index is 2.42. The van der Waals surface area contributed by atoms with Gasteiger partial charge in [-0.25, -0.2) is 0 Å². The normalized spacial score (nSPS) is 17.3. The number of hydrogen-bond donors (Lipinski definition) is 0. The fraction of sp³-hybridized carbons (Fsp3) is 0.300. The van der Waals surface area contributed by atoms with E-state index in [0.717, 1.165) is 0 Å². The van der Waals surface area contributed by atoms with Crippen LogP contribution >= 0.6 is 0 Å². The zero-order chi connectivity index (χ0) is 13.7. The molecule has 0 heterocycles. The van der Waals surface area contributed by atoms with Crippen LogP contribution < -0.4 is 0 Å². The fourth-order valence-electron chi connectivity index (χ4n) is 3.79. The van der Waals surface area contributed by atoms with Crippen molar-refractivity contribution in [2.24, 2.45) is 0 Å². The van der Waals surface area contributed by atoms with Crippen molar-refractivity contribution in [3.8, 4) is 0 Å². The molecule has 0 saturated carbocycles. The molecule has 0 nitrogen and oxygen atoms in total. The van der Waals surface area contributed by atoms with Crippen LogP contribution in [0.15, 0.2) is 35.4 Å². The Bertz CT molecular complexity index is 706. The summed E-state index contributed by atoms with van der Waals surface area (Å²) in [7, 11) is 0. The first kappa shape index (κ1) is 12.0. The van der Waals surface area contributed by atoms with Gasteiger partial charge in [0.15, 0.2) is 0 Å². The van der Waals surface area contributed by atoms with Crippen molar-refractivity contribution >= 4 is 22.9 Å². The molecule has 0 aliphatic heterocycles. The molecule has 4 rings (SSSR count). The van der Waals surface area contributed by atoms with E-state index in [4.69, 9.17) is 0 Å². The standard InChI is InChI=1S/C20H20/c1-13-7-9-17-18-10-8-14(2)12-20(18)16-6-4-3-5-15(16)19(17)11-13/h3-6,11-12H,7-10H2,1-2H3. The largest absolute Gasteiger partial charge is 0.0724 e. The minimum atomic E-state index is 1.22. The summed E-state index contributed by atoms with van der Waals surface area (Å²) in [6.07, 6.45) is 9.73. The average molecular weight is 260 g/mol. The molecule has 0 radical (unpaired) electrons. The van der Waals surface area contributed by atoms with E-state index in [-0.39, 0.29) is 0 Å². The molecule has 2 aromatic carbocycles. The molecule has 2 aliphatic carbocycles. The monoisotopic (exact) mass is 260 g/mol. The summed E-state index contributed by atoms with van der Waals surface area (Å²) >= 11 is 0. The molecule has 0 spiro atoms. The number of rotatable bonds is 0. The van der Waals surface area contributed by atoms with E-state index in [2.05, 4.69) is 50.3 Å². The van der Waals surface area contributed by atoms with Gasteiger partial charge >= 0.3 is 0 Å². The van der Waals surface area contributed by atoms with Gasteiger partial charge in [-0.05, 0) is 72.6 Å². The van der Waals surface area contributed by atoms with Crippen molar-refractivity contribution < 1.29 is 0 Å². The molecule has 20 heavy (non-hydrogen) atoms. The predicted octanol–water partition coefficient (Wildman–Crippen LogP) is 5.54. The maximum Gasteiger partial charge on any atom is -0.0102 e.